The molecule has 2 amide bonds. The lowest BCUT2D eigenvalue weighted by Gasteiger charge is -2.29. The number of piperidine rings is 1. The third-order valence-electron chi connectivity index (χ3n) is 6.15. The predicted octanol–water partition coefficient (Wildman–Crippen LogP) is 5.15. The molecule has 0 radical (unpaired) electrons. The largest absolute Gasteiger partial charge is 0.377 e. The molecule has 1 aliphatic heterocycles. The summed E-state index contributed by atoms with van der Waals surface area (Å²) in [4.78, 5) is 30.7. The zero-order valence-electron chi connectivity index (χ0n) is 19.3. The molecule has 3 aromatic carbocycles. The molecule has 170 valence electrons. The molecule has 0 bridgehead atoms. The van der Waals surface area contributed by atoms with Gasteiger partial charge in [0.15, 0.2) is 0 Å². The minimum Gasteiger partial charge on any atom is -0.377 e. The average Bonchev–Trinajstić information content (AvgIpc) is 2.85. The molecule has 1 heterocycles. The van der Waals surface area contributed by atoms with Gasteiger partial charge in [0.1, 0.15) is 0 Å². The standard InChI is InChI=1S/C28H31N3O2/c1-30(2)25-17-16-23(20-24(25)28(33)31-18-10-5-11-19-31)29-27(32)26(21-12-6-3-7-13-21)22-14-8-4-9-15-22/h3-4,6-9,12-17,20,26H,5,10-11,18-19H2,1-2H3,(H,29,32). The highest BCUT2D eigenvalue weighted by Crippen LogP contribution is 2.29. The summed E-state index contributed by atoms with van der Waals surface area (Å²) in [5, 5.41) is 3.08. The molecule has 0 aliphatic carbocycles. The molecule has 33 heavy (non-hydrogen) atoms. The quantitative estimate of drug-likeness (QED) is 0.576. The molecular weight excluding hydrogens is 410 g/mol. The molecule has 1 aliphatic rings. The molecule has 5 heteroatoms. The Morgan fingerprint density at radius 1 is 0.818 bits per heavy atom. The van der Waals surface area contributed by atoms with Crippen LogP contribution in [0.15, 0.2) is 78.9 Å². The molecule has 1 saturated heterocycles. The number of hydrogen-bond donors (Lipinski definition) is 1. The first-order chi connectivity index (χ1) is 16.0. The Morgan fingerprint density at radius 2 is 1.39 bits per heavy atom. The zero-order valence-corrected chi connectivity index (χ0v) is 19.3. The fourth-order valence-corrected chi connectivity index (χ4v) is 4.44. The summed E-state index contributed by atoms with van der Waals surface area (Å²) in [5.74, 6) is -0.541. The van der Waals surface area contributed by atoms with Crippen LogP contribution in [-0.2, 0) is 4.79 Å². The van der Waals surface area contributed by atoms with E-state index in [1.807, 2.05) is 103 Å². The van der Waals surface area contributed by atoms with E-state index < -0.39 is 5.92 Å². The lowest BCUT2D eigenvalue weighted by atomic mass is 9.90. The maximum absolute atomic E-state index is 13.5. The van der Waals surface area contributed by atoms with Gasteiger partial charge in [0.25, 0.3) is 5.91 Å². The molecule has 1 N–H and O–H groups in total. The van der Waals surface area contributed by atoms with Gasteiger partial charge in [-0.15, -0.1) is 0 Å². The lowest BCUT2D eigenvalue weighted by Crippen LogP contribution is -2.36. The Hall–Kier alpha value is -3.60. The van der Waals surface area contributed by atoms with E-state index in [2.05, 4.69) is 5.32 Å². The second-order valence-corrected chi connectivity index (χ2v) is 8.72. The van der Waals surface area contributed by atoms with E-state index in [0.717, 1.165) is 42.7 Å². The summed E-state index contributed by atoms with van der Waals surface area (Å²) < 4.78 is 0. The normalized spacial score (nSPS) is 13.6. The molecule has 4 rings (SSSR count). The summed E-state index contributed by atoms with van der Waals surface area (Å²) in [6, 6.07) is 25.1. The Morgan fingerprint density at radius 3 is 1.94 bits per heavy atom. The van der Waals surface area contributed by atoms with Crippen LogP contribution in [0.25, 0.3) is 0 Å². The van der Waals surface area contributed by atoms with Crippen molar-refractivity contribution in [2.75, 3.05) is 37.4 Å². The van der Waals surface area contributed by atoms with Crippen molar-refractivity contribution in [3.05, 3.63) is 95.6 Å². The Balaban J connectivity index is 1.64. The van der Waals surface area contributed by atoms with Crippen LogP contribution in [0.4, 0.5) is 11.4 Å². The van der Waals surface area contributed by atoms with Crippen LogP contribution < -0.4 is 10.2 Å². The number of rotatable bonds is 6. The van der Waals surface area contributed by atoms with Gasteiger partial charge in [-0.3, -0.25) is 9.59 Å². The van der Waals surface area contributed by atoms with Crippen LogP contribution in [0, 0.1) is 0 Å². The van der Waals surface area contributed by atoms with Crippen molar-refractivity contribution < 1.29 is 9.59 Å². The summed E-state index contributed by atoms with van der Waals surface area (Å²) in [6.45, 7) is 1.57. The smallest absolute Gasteiger partial charge is 0.256 e. The van der Waals surface area contributed by atoms with E-state index in [9.17, 15) is 9.59 Å². The number of hydrogen-bond acceptors (Lipinski definition) is 3. The van der Waals surface area contributed by atoms with Crippen molar-refractivity contribution in [3.8, 4) is 0 Å². The van der Waals surface area contributed by atoms with Gasteiger partial charge in [-0.25, -0.2) is 0 Å². The van der Waals surface area contributed by atoms with Gasteiger partial charge < -0.3 is 15.1 Å². The first kappa shape index (κ1) is 22.6. The maximum atomic E-state index is 13.5. The van der Waals surface area contributed by atoms with Crippen molar-refractivity contribution in [2.45, 2.75) is 25.2 Å². The number of anilines is 2. The molecule has 0 atom stereocenters. The van der Waals surface area contributed by atoms with Gasteiger partial charge in [0.05, 0.1) is 11.5 Å². The molecular formula is C28H31N3O2. The van der Waals surface area contributed by atoms with E-state index in [4.69, 9.17) is 0 Å². The molecule has 0 saturated carbocycles. The van der Waals surface area contributed by atoms with Gasteiger partial charge in [0, 0.05) is 38.6 Å². The first-order valence-corrected chi connectivity index (χ1v) is 11.6. The van der Waals surface area contributed by atoms with E-state index >= 15 is 0 Å². The van der Waals surface area contributed by atoms with Crippen LogP contribution in [0.3, 0.4) is 0 Å². The van der Waals surface area contributed by atoms with Crippen molar-refractivity contribution in [1.29, 1.82) is 0 Å². The van der Waals surface area contributed by atoms with Gasteiger partial charge in [-0.2, -0.15) is 0 Å². The van der Waals surface area contributed by atoms with Crippen LogP contribution in [0.1, 0.15) is 46.7 Å². The molecule has 0 unspecified atom stereocenters. The van der Waals surface area contributed by atoms with Gasteiger partial charge >= 0.3 is 0 Å². The highest BCUT2D eigenvalue weighted by atomic mass is 16.2. The van der Waals surface area contributed by atoms with Gasteiger partial charge in [-0.05, 0) is 48.6 Å². The van der Waals surface area contributed by atoms with Crippen molar-refractivity contribution in [3.63, 3.8) is 0 Å². The molecule has 5 nitrogen and oxygen atoms in total. The number of carbonyl (C=O) groups is 2. The monoisotopic (exact) mass is 441 g/mol. The number of carbonyl (C=O) groups excluding carboxylic acids is 2. The predicted molar refractivity (Wildman–Crippen MR) is 134 cm³/mol. The summed E-state index contributed by atoms with van der Waals surface area (Å²) in [6.07, 6.45) is 3.24. The number of likely N-dealkylation sites (tertiary alicyclic amines) is 1. The first-order valence-electron chi connectivity index (χ1n) is 11.6. The number of benzene rings is 3. The van der Waals surface area contributed by atoms with E-state index in [1.54, 1.807) is 0 Å². The Kier molecular flexibility index (Phi) is 7.08. The zero-order chi connectivity index (χ0) is 23.2. The SMILES string of the molecule is CN(C)c1ccc(NC(=O)C(c2ccccc2)c2ccccc2)cc1C(=O)N1CCCCC1. The van der Waals surface area contributed by atoms with Crippen molar-refractivity contribution in [2.24, 2.45) is 0 Å². The fourth-order valence-electron chi connectivity index (χ4n) is 4.44. The third-order valence-corrected chi connectivity index (χ3v) is 6.15. The third kappa shape index (κ3) is 5.25. The minimum atomic E-state index is -0.442. The summed E-state index contributed by atoms with van der Waals surface area (Å²) in [7, 11) is 3.86. The average molecular weight is 442 g/mol. The number of nitrogens with one attached hydrogen (secondary N) is 1. The van der Waals surface area contributed by atoms with E-state index in [0.29, 0.717) is 11.3 Å². The van der Waals surface area contributed by atoms with Crippen molar-refractivity contribution >= 4 is 23.2 Å². The van der Waals surface area contributed by atoms with Crippen LogP contribution in [-0.4, -0.2) is 43.9 Å². The van der Waals surface area contributed by atoms with Crippen LogP contribution in [0.5, 0.6) is 0 Å². The summed E-state index contributed by atoms with van der Waals surface area (Å²) in [5.41, 5.74) is 3.95. The molecule has 0 aromatic heterocycles. The van der Waals surface area contributed by atoms with E-state index in [1.165, 1.54) is 6.42 Å². The van der Waals surface area contributed by atoms with Gasteiger partial charge in [0.2, 0.25) is 5.91 Å². The van der Waals surface area contributed by atoms with Crippen LogP contribution in [0.2, 0.25) is 0 Å². The topological polar surface area (TPSA) is 52.7 Å². The lowest BCUT2D eigenvalue weighted by molar-refractivity contribution is -0.116. The summed E-state index contributed by atoms with van der Waals surface area (Å²) >= 11 is 0. The highest BCUT2D eigenvalue weighted by molar-refractivity contribution is 6.03. The molecule has 1 fully saturated rings. The molecule has 3 aromatic rings. The number of nitrogens with zero attached hydrogens (tertiary/aromatic N) is 2. The number of amides is 2. The fraction of sp³-hybridized carbons (Fsp3) is 0.286. The Bertz CT molecular complexity index is 1050. The maximum Gasteiger partial charge on any atom is 0.256 e. The minimum absolute atomic E-state index is 0.0252. The molecule has 0 spiro atoms. The van der Waals surface area contributed by atoms with E-state index in [-0.39, 0.29) is 11.8 Å². The highest BCUT2D eigenvalue weighted by Gasteiger charge is 2.25. The van der Waals surface area contributed by atoms with Crippen LogP contribution >= 0.6 is 0 Å². The second kappa shape index (κ2) is 10.3. The Labute approximate surface area is 196 Å². The van der Waals surface area contributed by atoms with Gasteiger partial charge in [-0.1, -0.05) is 60.7 Å². The second-order valence-electron chi connectivity index (χ2n) is 8.72. The van der Waals surface area contributed by atoms with Crippen molar-refractivity contribution in [1.82, 2.24) is 4.90 Å².